The first-order chi connectivity index (χ1) is 7.72. The highest BCUT2D eigenvalue weighted by atomic mass is 16.5. The average Bonchev–Trinajstić information content (AvgIpc) is 2.35. The Morgan fingerprint density at radius 1 is 1.75 bits per heavy atom. The molecule has 0 bridgehead atoms. The van der Waals surface area contributed by atoms with E-state index in [1.807, 2.05) is 6.92 Å². The number of amides is 1. The molecule has 0 aliphatic rings. The van der Waals surface area contributed by atoms with Gasteiger partial charge in [-0.15, -0.1) is 6.42 Å². The topological polar surface area (TPSA) is 51.2 Å². The zero-order chi connectivity index (χ0) is 12.0. The maximum atomic E-state index is 11.8. The number of hydrogen-bond donors (Lipinski definition) is 1. The van der Waals surface area contributed by atoms with Crippen LogP contribution < -0.4 is 10.1 Å². The van der Waals surface area contributed by atoms with Crippen LogP contribution in [0.25, 0.3) is 0 Å². The molecule has 0 aliphatic carbocycles. The number of nitrogens with one attached hydrogen (secondary N) is 1. The molecule has 0 saturated carbocycles. The molecule has 0 aromatic carbocycles. The first-order valence-corrected chi connectivity index (χ1v) is 4.99. The molecular formula is C12H14N2O2. The van der Waals surface area contributed by atoms with Crippen molar-refractivity contribution < 1.29 is 9.53 Å². The lowest BCUT2D eigenvalue weighted by Crippen LogP contribution is -2.33. The lowest BCUT2D eigenvalue weighted by atomic mass is 10.2. The van der Waals surface area contributed by atoms with Crippen LogP contribution in [-0.2, 0) is 0 Å². The number of terminal acetylenes is 1. The van der Waals surface area contributed by atoms with Crippen LogP contribution in [-0.4, -0.2) is 24.0 Å². The number of carbonyl (C=O) groups is 1. The van der Waals surface area contributed by atoms with Crippen molar-refractivity contribution in [3.8, 4) is 18.2 Å². The van der Waals surface area contributed by atoms with Gasteiger partial charge in [0, 0.05) is 6.20 Å². The number of ether oxygens (including phenoxy) is 1. The van der Waals surface area contributed by atoms with Gasteiger partial charge >= 0.3 is 0 Å². The Morgan fingerprint density at radius 2 is 2.50 bits per heavy atom. The van der Waals surface area contributed by atoms with E-state index in [1.54, 1.807) is 18.3 Å². The molecule has 16 heavy (non-hydrogen) atoms. The predicted molar refractivity (Wildman–Crippen MR) is 61.2 cm³/mol. The summed E-state index contributed by atoms with van der Waals surface area (Å²) in [6.45, 7) is 1.91. The standard InChI is InChI=1S/C12H14N2O2/c1-4-9(5-2)14-11(15)10-7-6-8-13-12(10)16-3/h1,6-9H,5H2,2-3H3,(H,14,15). The highest BCUT2D eigenvalue weighted by Gasteiger charge is 2.14. The van der Waals surface area contributed by atoms with Crippen LogP contribution in [0.5, 0.6) is 5.88 Å². The van der Waals surface area contributed by atoms with Crippen molar-refractivity contribution in [3.63, 3.8) is 0 Å². The van der Waals surface area contributed by atoms with E-state index < -0.39 is 0 Å². The minimum absolute atomic E-state index is 0.266. The van der Waals surface area contributed by atoms with Crippen LogP contribution in [0, 0.1) is 12.3 Å². The van der Waals surface area contributed by atoms with Gasteiger partial charge in [-0.05, 0) is 18.6 Å². The van der Waals surface area contributed by atoms with E-state index in [2.05, 4.69) is 16.2 Å². The van der Waals surface area contributed by atoms with E-state index in [9.17, 15) is 4.79 Å². The van der Waals surface area contributed by atoms with Gasteiger partial charge in [-0.2, -0.15) is 0 Å². The third kappa shape index (κ3) is 2.74. The van der Waals surface area contributed by atoms with Crippen molar-refractivity contribution in [3.05, 3.63) is 23.9 Å². The predicted octanol–water partition coefficient (Wildman–Crippen LogP) is 1.23. The van der Waals surface area contributed by atoms with Gasteiger partial charge in [0.25, 0.3) is 5.91 Å². The number of hydrogen-bond acceptors (Lipinski definition) is 3. The number of pyridine rings is 1. The van der Waals surface area contributed by atoms with Crippen molar-refractivity contribution in [1.82, 2.24) is 10.3 Å². The van der Waals surface area contributed by atoms with Crippen molar-refractivity contribution in [1.29, 1.82) is 0 Å². The third-order valence-corrected chi connectivity index (χ3v) is 2.12. The minimum Gasteiger partial charge on any atom is -0.480 e. The molecule has 1 N–H and O–H groups in total. The summed E-state index contributed by atoms with van der Waals surface area (Å²) in [5.74, 6) is 2.53. The fourth-order valence-corrected chi connectivity index (χ4v) is 1.22. The number of methoxy groups -OCH3 is 1. The molecule has 84 valence electrons. The van der Waals surface area contributed by atoms with Crippen LogP contribution in [0.1, 0.15) is 23.7 Å². The molecule has 1 heterocycles. The van der Waals surface area contributed by atoms with Gasteiger partial charge in [0.05, 0.1) is 13.2 Å². The Bertz CT molecular complexity index is 410. The first kappa shape index (κ1) is 12.1. The molecule has 1 amide bonds. The van der Waals surface area contributed by atoms with Crippen LogP contribution >= 0.6 is 0 Å². The number of rotatable bonds is 4. The Kier molecular flexibility index (Phi) is 4.34. The molecule has 0 spiro atoms. The molecule has 1 aromatic rings. The van der Waals surface area contributed by atoms with Crippen molar-refractivity contribution in [2.75, 3.05) is 7.11 Å². The zero-order valence-corrected chi connectivity index (χ0v) is 9.36. The summed E-state index contributed by atoms with van der Waals surface area (Å²) in [7, 11) is 1.47. The summed E-state index contributed by atoms with van der Waals surface area (Å²) in [4.78, 5) is 15.8. The van der Waals surface area contributed by atoms with Gasteiger partial charge in [0.2, 0.25) is 5.88 Å². The van der Waals surface area contributed by atoms with Crippen molar-refractivity contribution in [2.24, 2.45) is 0 Å². The molecule has 1 atom stereocenters. The molecule has 0 fully saturated rings. The average molecular weight is 218 g/mol. The Morgan fingerprint density at radius 3 is 3.06 bits per heavy atom. The van der Waals surface area contributed by atoms with E-state index in [0.29, 0.717) is 17.9 Å². The van der Waals surface area contributed by atoms with E-state index in [4.69, 9.17) is 11.2 Å². The molecule has 0 aliphatic heterocycles. The first-order valence-electron chi connectivity index (χ1n) is 4.99. The van der Waals surface area contributed by atoms with Gasteiger partial charge in [0.1, 0.15) is 5.56 Å². The fourth-order valence-electron chi connectivity index (χ4n) is 1.22. The number of carbonyl (C=O) groups excluding carboxylic acids is 1. The summed E-state index contributed by atoms with van der Waals surface area (Å²) < 4.78 is 4.99. The van der Waals surface area contributed by atoms with Crippen LogP contribution in [0.15, 0.2) is 18.3 Å². The maximum absolute atomic E-state index is 11.8. The minimum atomic E-state index is -0.269. The van der Waals surface area contributed by atoms with Crippen LogP contribution in [0.2, 0.25) is 0 Å². The smallest absolute Gasteiger partial charge is 0.257 e. The molecular weight excluding hydrogens is 204 g/mol. The summed E-state index contributed by atoms with van der Waals surface area (Å²) in [5, 5.41) is 2.71. The van der Waals surface area contributed by atoms with Crippen molar-refractivity contribution in [2.45, 2.75) is 19.4 Å². The van der Waals surface area contributed by atoms with E-state index in [1.165, 1.54) is 7.11 Å². The molecule has 0 saturated heterocycles. The lowest BCUT2D eigenvalue weighted by Gasteiger charge is -2.11. The normalized spacial score (nSPS) is 11.3. The van der Waals surface area contributed by atoms with Crippen molar-refractivity contribution >= 4 is 5.91 Å². The Balaban J connectivity index is 2.85. The highest BCUT2D eigenvalue weighted by molar-refractivity contribution is 5.96. The van der Waals surface area contributed by atoms with E-state index >= 15 is 0 Å². The highest BCUT2D eigenvalue weighted by Crippen LogP contribution is 2.13. The van der Waals surface area contributed by atoms with Gasteiger partial charge in [-0.25, -0.2) is 4.98 Å². The SMILES string of the molecule is C#CC(CC)NC(=O)c1cccnc1OC. The molecule has 4 heteroatoms. The molecule has 1 aromatic heterocycles. The second-order valence-electron chi connectivity index (χ2n) is 3.16. The summed E-state index contributed by atoms with van der Waals surface area (Å²) in [6, 6.07) is 3.05. The van der Waals surface area contributed by atoms with E-state index in [0.717, 1.165) is 0 Å². The summed E-state index contributed by atoms with van der Waals surface area (Å²) >= 11 is 0. The Hall–Kier alpha value is -2.02. The van der Waals surface area contributed by atoms with Gasteiger partial charge in [0.15, 0.2) is 0 Å². The van der Waals surface area contributed by atoms with Crippen LogP contribution in [0.3, 0.4) is 0 Å². The third-order valence-electron chi connectivity index (χ3n) is 2.12. The summed E-state index contributed by atoms with van der Waals surface area (Å²) in [6.07, 6.45) is 7.52. The van der Waals surface area contributed by atoms with E-state index in [-0.39, 0.29) is 11.9 Å². The molecule has 1 unspecified atom stereocenters. The largest absolute Gasteiger partial charge is 0.480 e. The molecule has 1 rings (SSSR count). The second kappa shape index (κ2) is 5.76. The fraction of sp³-hybridized carbons (Fsp3) is 0.333. The zero-order valence-electron chi connectivity index (χ0n) is 9.36. The van der Waals surface area contributed by atoms with Crippen LogP contribution in [0.4, 0.5) is 0 Å². The maximum Gasteiger partial charge on any atom is 0.257 e. The summed E-state index contributed by atoms with van der Waals surface area (Å²) in [5.41, 5.74) is 0.388. The molecule has 0 radical (unpaired) electrons. The quantitative estimate of drug-likeness (QED) is 0.773. The van der Waals surface area contributed by atoms with Gasteiger partial charge in [-0.3, -0.25) is 4.79 Å². The number of aromatic nitrogens is 1. The lowest BCUT2D eigenvalue weighted by molar-refractivity contribution is 0.0941. The number of nitrogens with zero attached hydrogens (tertiary/aromatic N) is 1. The second-order valence-corrected chi connectivity index (χ2v) is 3.16. The van der Waals surface area contributed by atoms with Gasteiger partial charge < -0.3 is 10.1 Å². The van der Waals surface area contributed by atoms with Gasteiger partial charge in [-0.1, -0.05) is 12.8 Å². The molecule has 4 nitrogen and oxygen atoms in total. The Labute approximate surface area is 95.0 Å². The monoisotopic (exact) mass is 218 g/mol.